The number of pyridine rings is 1. The molecule has 0 aliphatic carbocycles. The van der Waals surface area contributed by atoms with Gasteiger partial charge in [0, 0.05) is 17.1 Å². The van der Waals surface area contributed by atoms with E-state index in [-0.39, 0.29) is 5.56 Å². The van der Waals surface area contributed by atoms with Crippen LogP contribution >= 0.6 is 0 Å². The molecule has 92 valence electrons. The van der Waals surface area contributed by atoms with Crippen LogP contribution in [-0.2, 0) is 0 Å². The monoisotopic (exact) mass is 231 g/mol. The Balaban J connectivity index is 3.81. The van der Waals surface area contributed by atoms with Crippen LogP contribution in [0.25, 0.3) is 17.3 Å². The van der Waals surface area contributed by atoms with Crippen LogP contribution in [-0.4, -0.2) is 4.57 Å². The fourth-order valence-electron chi connectivity index (χ4n) is 1.81. The van der Waals surface area contributed by atoms with Gasteiger partial charge in [-0.2, -0.15) is 0 Å². The number of hydrogen-bond donors (Lipinski definition) is 0. The lowest BCUT2D eigenvalue weighted by Gasteiger charge is -2.06. The van der Waals surface area contributed by atoms with Crippen LogP contribution in [0, 0.1) is 0 Å². The quantitative estimate of drug-likeness (QED) is 0.764. The first kappa shape index (κ1) is 13.5. The van der Waals surface area contributed by atoms with Crippen molar-refractivity contribution >= 4 is 17.3 Å². The third kappa shape index (κ3) is 2.57. The molecule has 0 aliphatic rings. The lowest BCUT2D eigenvalue weighted by molar-refractivity contribution is 0.977. The highest BCUT2D eigenvalue weighted by Crippen LogP contribution is 1.97. The molecular weight excluding hydrogens is 210 g/mol. The molecule has 0 radical (unpaired) electrons. The van der Waals surface area contributed by atoms with Crippen molar-refractivity contribution in [2.75, 3.05) is 0 Å². The van der Waals surface area contributed by atoms with Gasteiger partial charge in [0.15, 0.2) is 0 Å². The maximum absolute atomic E-state index is 12.3. The van der Waals surface area contributed by atoms with Gasteiger partial charge in [0.25, 0.3) is 5.56 Å². The van der Waals surface area contributed by atoms with Gasteiger partial charge in [0.1, 0.15) is 0 Å². The van der Waals surface area contributed by atoms with Crippen LogP contribution in [0.15, 0.2) is 23.1 Å². The van der Waals surface area contributed by atoms with Crippen molar-refractivity contribution in [2.45, 2.75) is 41.0 Å². The maximum Gasteiger partial charge on any atom is 0.262 e. The summed E-state index contributed by atoms with van der Waals surface area (Å²) in [7, 11) is 0. The molecule has 2 nitrogen and oxygen atoms in total. The molecule has 2 heteroatoms. The molecule has 0 amide bonds. The summed E-state index contributed by atoms with van der Waals surface area (Å²) in [5.41, 5.74) is 2.27. The van der Waals surface area contributed by atoms with Gasteiger partial charge >= 0.3 is 0 Å². The van der Waals surface area contributed by atoms with E-state index in [4.69, 9.17) is 0 Å². The molecule has 1 aromatic rings. The highest BCUT2D eigenvalue weighted by atomic mass is 16.1. The Hall–Kier alpha value is -1.57. The Morgan fingerprint density at radius 1 is 1.35 bits per heavy atom. The van der Waals surface area contributed by atoms with Crippen molar-refractivity contribution in [1.82, 2.24) is 4.57 Å². The van der Waals surface area contributed by atoms with Crippen LogP contribution in [0.2, 0.25) is 0 Å². The third-order valence-corrected chi connectivity index (χ3v) is 3.21. The summed E-state index contributed by atoms with van der Waals surface area (Å²) in [5, 5.41) is 1.87. The highest BCUT2D eigenvalue weighted by Gasteiger charge is 2.01. The molecule has 0 aromatic carbocycles. The molecule has 0 N–H and O–H groups in total. The topological polar surface area (TPSA) is 22.0 Å². The minimum absolute atomic E-state index is 0.0633. The second-order valence-electron chi connectivity index (χ2n) is 4.17. The van der Waals surface area contributed by atoms with E-state index in [1.54, 1.807) is 4.57 Å². The summed E-state index contributed by atoms with van der Waals surface area (Å²) < 4.78 is 1.70. The van der Waals surface area contributed by atoms with Crippen LogP contribution in [0.5, 0.6) is 0 Å². The lowest BCUT2D eigenvalue weighted by Crippen LogP contribution is -2.44. The molecule has 1 rings (SSSR count). The molecule has 0 aliphatic heterocycles. The molecule has 0 bridgehead atoms. The van der Waals surface area contributed by atoms with Gasteiger partial charge in [-0.05, 0) is 45.4 Å². The zero-order chi connectivity index (χ0) is 13.0. The van der Waals surface area contributed by atoms with E-state index in [1.807, 2.05) is 45.2 Å². The summed E-state index contributed by atoms with van der Waals surface area (Å²) in [5.74, 6) is 0. The highest BCUT2D eigenvalue weighted by molar-refractivity contribution is 5.46. The van der Waals surface area contributed by atoms with Gasteiger partial charge in [0.2, 0.25) is 0 Å². The summed E-state index contributed by atoms with van der Waals surface area (Å²) in [4.78, 5) is 12.3. The Morgan fingerprint density at radius 3 is 2.47 bits per heavy atom. The molecule has 0 saturated carbocycles. The fourth-order valence-corrected chi connectivity index (χ4v) is 1.81. The minimum atomic E-state index is 0.0633. The number of aromatic nitrogens is 1. The van der Waals surface area contributed by atoms with E-state index in [0.717, 1.165) is 22.6 Å². The zero-order valence-corrected chi connectivity index (χ0v) is 11.4. The average molecular weight is 231 g/mol. The van der Waals surface area contributed by atoms with E-state index in [1.165, 1.54) is 5.57 Å². The third-order valence-electron chi connectivity index (χ3n) is 3.21. The zero-order valence-electron chi connectivity index (χ0n) is 11.4. The van der Waals surface area contributed by atoms with E-state index in [9.17, 15) is 4.79 Å². The van der Waals surface area contributed by atoms with E-state index in [0.29, 0.717) is 0 Å². The molecule has 0 fully saturated rings. The number of nitrogens with zero attached hydrogens (tertiary/aromatic N) is 1. The van der Waals surface area contributed by atoms with Crippen molar-refractivity contribution in [2.24, 2.45) is 0 Å². The summed E-state index contributed by atoms with van der Waals surface area (Å²) in [6, 6.07) is 2.03. The van der Waals surface area contributed by atoms with E-state index >= 15 is 0 Å². The smallest absolute Gasteiger partial charge is 0.262 e. The minimum Gasteiger partial charge on any atom is -0.288 e. The first-order chi connectivity index (χ1) is 8.06. The molecule has 17 heavy (non-hydrogen) atoms. The lowest BCUT2D eigenvalue weighted by atomic mass is 10.1. The van der Waals surface area contributed by atoms with Crippen molar-refractivity contribution in [3.05, 3.63) is 39.1 Å². The molecule has 0 saturated heterocycles. The molecule has 1 aromatic heterocycles. The van der Waals surface area contributed by atoms with Gasteiger partial charge in [-0.15, -0.1) is 0 Å². The van der Waals surface area contributed by atoms with Gasteiger partial charge in [-0.1, -0.05) is 24.6 Å². The van der Waals surface area contributed by atoms with Crippen LogP contribution in [0.4, 0.5) is 0 Å². The Kier molecular flexibility index (Phi) is 4.50. The fraction of sp³-hybridized carbons (Fsp3) is 0.400. The first-order valence-corrected chi connectivity index (χ1v) is 6.07. The van der Waals surface area contributed by atoms with Crippen molar-refractivity contribution in [3.63, 3.8) is 0 Å². The predicted molar refractivity (Wildman–Crippen MR) is 75.1 cm³/mol. The van der Waals surface area contributed by atoms with Gasteiger partial charge in [-0.3, -0.25) is 9.36 Å². The number of hydrogen-bond acceptors (Lipinski definition) is 1. The summed E-state index contributed by atoms with van der Waals surface area (Å²) in [6.45, 7) is 9.98. The summed E-state index contributed by atoms with van der Waals surface area (Å²) in [6.07, 6.45) is 6.67. The maximum atomic E-state index is 12.3. The Labute approximate surface area is 103 Å². The van der Waals surface area contributed by atoms with Crippen molar-refractivity contribution < 1.29 is 0 Å². The average Bonchev–Trinajstić information content (AvgIpc) is 2.36. The Morgan fingerprint density at radius 2 is 2.00 bits per heavy atom. The van der Waals surface area contributed by atoms with Crippen LogP contribution in [0.3, 0.4) is 0 Å². The van der Waals surface area contributed by atoms with Crippen molar-refractivity contribution in [1.29, 1.82) is 0 Å². The SMILES string of the molecule is CC=c1c(=O)n(/C(C)=C/C)cc/c1=C(\C)CC. The number of allylic oxidation sites excluding steroid dienone is 2. The second-order valence-corrected chi connectivity index (χ2v) is 4.17. The van der Waals surface area contributed by atoms with Crippen LogP contribution in [0.1, 0.15) is 41.0 Å². The summed E-state index contributed by atoms with van der Waals surface area (Å²) >= 11 is 0. The molecule has 0 unspecified atom stereocenters. The molecule has 0 spiro atoms. The first-order valence-electron chi connectivity index (χ1n) is 6.07. The Bertz CT molecular complexity index is 603. The van der Waals surface area contributed by atoms with Gasteiger partial charge < -0.3 is 0 Å². The standard InChI is InChI=1S/C15H21NO/c1-6-11(4)14-9-10-16(12(5)7-2)15(17)13(14)8-3/h7-10H,6H2,1-5H3/b12-7+,13-8?,14-11-. The van der Waals surface area contributed by atoms with Gasteiger partial charge in [0.05, 0.1) is 0 Å². The normalized spacial score (nSPS) is 15.1. The molecular formula is C15H21NO. The largest absolute Gasteiger partial charge is 0.288 e. The molecule has 1 heterocycles. The predicted octanol–water partition coefficient (Wildman–Crippen LogP) is 2.11. The number of rotatable bonds is 2. The second kappa shape index (κ2) is 5.67. The van der Waals surface area contributed by atoms with E-state index in [2.05, 4.69) is 13.8 Å². The van der Waals surface area contributed by atoms with Crippen molar-refractivity contribution in [3.8, 4) is 0 Å². The van der Waals surface area contributed by atoms with Gasteiger partial charge in [-0.25, -0.2) is 0 Å². The molecule has 0 atom stereocenters. The van der Waals surface area contributed by atoms with Crippen LogP contribution < -0.4 is 16.0 Å². The van der Waals surface area contributed by atoms with E-state index < -0.39 is 0 Å².